The quantitative estimate of drug-likeness (QED) is 0.827. The molecule has 1 saturated heterocycles. The Morgan fingerprint density at radius 1 is 1.15 bits per heavy atom. The molecule has 7 heteroatoms. The average molecular weight is 382 g/mol. The maximum absolute atomic E-state index is 12.8. The first-order chi connectivity index (χ1) is 13.1. The van der Waals surface area contributed by atoms with E-state index in [1.54, 1.807) is 17.0 Å². The highest BCUT2D eigenvalue weighted by atomic mass is 32.2. The van der Waals surface area contributed by atoms with Crippen molar-refractivity contribution in [2.45, 2.75) is 23.9 Å². The molecular formula is C20H18N2O4S. The fourth-order valence-corrected chi connectivity index (χ4v) is 5.02. The summed E-state index contributed by atoms with van der Waals surface area (Å²) in [5.74, 6) is -1.23. The zero-order valence-electron chi connectivity index (χ0n) is 14.4. The number of carbonyl (C=O) groups is 3. The molecule has 0 saturated carbocycles. The van der Waals surface area contributed by atoms with Gasteiger partial charge < -0.3 is 15.3 Å². The second-order valence-electron chi connectivity index (χ2n) is 6.59. The number of thioether (sulfide) groups is 1. The summed E-state index contributed by atoms with van der Waals surface area (Å²) in [6, 6.07) is 14.8. The van der Waals surface area contributed by atoms with Gasteiger partial charge in [0.15, 0.2) is 0 Å². The van der Waals surface area contributed by atoms with Gasteiger partial charge in [-0.1, -0.05) is 48.5 Å². The van der Waals surface area contributed by atoms with Gasteiger partial charge in [0.2, 0.25) is 5.91 Å². The van der Waals surface area contributed by atoms with Crippen molar-refractivity contribution in [2.75, 3.05) is 5.75 Å². The lowest BCUT2D eigenvalue weighted by Gasteiger charge is -2.24. The number of nitrogens with one attached hydrogen (secondary N) is 1. The van der Waals surface area contributed by atoms with Gasteiger partial charge in [0.1, 0.15) is 17.5 Å². The van der Waals surface area contributed by atoms with Crippen LogP contribution in [0.4, 0.5) is 0 Å². The minimum absolute atomic E-state index is 0.171. The van der Waals surface area contributed by atoms with Crippen LogP contribution >= 0.6 is 11.8 Å². The number of carboxylic acid groups (broad SMARTS) is 1. The van der Waals surface area contributed by atoms with E-state index >= 15 is 0 Å². The van der Waals surface area contributed by atoms with Crippen molar-refractivity contribution >= 4 is 29.5 Å². The molecule has 6 nitrogen and oxygen atoms in total. The summed E-state index contributed by atoms with van der Waals surface area (Å²) in [6.07, 6.45) is 0.194. The summed E-state index contributed by atoms with van der Waals surface area (Å²) >= 11 is 1.53. The van der Waals surface area contributed by atoms with Crippen LogP contribution in [0.25, 0.3) is 0 Å². The number of benzene rings is 2. The van der Waals surface area contributed by atoms with Gasteiger partial charge in [0, 0.05) is 17.7 Å². The summed E-state index contributed by atoms with van der Waals surface area (Å²) in [4.78, 5) is 38.7. The van der Waals surface area contributed by atoms with E-state index in [0.29, 0.717) is 11.3 Å². The van der Waals surface area contributed by atoms with Crippen LogP contribution in [0.3, 0.4) is 0 Å². The fraction of sp³-hybridized carbons (Fsp3) is 0.250. The van der Waals surface area contributed by atoms with E-state index in [0.717, 1.165) is 11.1 Å². The Bertz CT molecular complexity index is 902. The van der Waals surface area contributed by atoms with Gasteiger partial charge in [0.05, 0.1) is 0 Å². The largest absolute Gasteiger partial charge is 0.480 e. The number of carbonyl (C=O) groups excluding carboxylic acids is 2. The third-order valence-corrected chi connectivity index (χ3v) is 6.20. The van der Waals surface area contributed by atoms with Crippen molar-refractivity contribution in [3.05, 3.63) is 71.3 Å². The number of carboxylic acids is 1. The van der Waals surface area contributed by atoms with Crippen LogP contribution in [0, 0.1) is 0 Å². The third-order valence-electron chi connectivity index (χ3n) is 4.89. The minimum Gasteiger partial charge on any atom is -0.480 e. The van der Waals surface area contributed by atoms with Crippen molar-refractivity contribution in [3.63, 3.8) is 0 Å². The molecule has 2 heterocycles. The van der Waals surface area contributed by atoms with Gasteiger partial charge in [-0.2, -0.15) is 0 Å². The number of amides is 2. The normalized spacial score (nSPS) is 21.5. The highest BCUT2D eigenvalue weighted by Crippen LogP contribution is 2.48. The lowest BCUT2D eigenvalue weighted by atomic mass is 10.1. The number of hydrogen-bond donors (Lipinski definition) is 2. The highest BCUT2D eigenvalue weighted by Gasteiger charge is 2.48. The molecule has 0 bridgehead atoms. The van der Waals surface area contributed by atoms with Crippen LogP contribution in [-0.2, 0) is 16.0 Å². The molecule has 138 valence electrons. The maximum Gasteiger partial charge on any atom is 0.326 e. The molecule has 27 heavy (non-hydrogen) atoms. The third kappa shape index (κ3) is 3.19. The SMILES string of the molecule is O=C(O)[C@H](Cc1ccccc1)NC(=O)[C@H]1CS[C@H]2c3ccccc3C(=O)N12. The fourth-order valence-electron chi connectivity index (χ4n) is 3.56. The monoisotopic (exact) mass is 382 g/mol. The first-order valence-electron chi connectivity index (χ1n) is 8.66. The predicted octanol–water partition coefficient (Wildman–Crippen LogP) is 2.07. The molecule has 0 aliphatic carbocycles. The smallest absolute Gasteiger partial charge is 0.326 e. The number of nitrogens with zero attached hydrogens (tertiary/aromatic N) is 1. The average Bonchev–Trinajstić information content (AvgIpc) is 3.23. The zero-order chi connectivity index (χ0) is 19.0. The maximum atomic E-state index is 12.8. The van der Waals surface area contributed by atoms with Crippen LogP contribution in [0.15, 0.2) is 54.6 Å². The molecule has 0 radical (unpaired) electrons. The van der Waals surface area contributed by atoms with Gasteiger partial charge in [-0.25, -0.2) is 4.79 Å². The summed E-state index contributed by atoms with van der Waals surface area (Å²) in [5.41, 5.74) is 2.36. The number of hydrogen-bond acceptors (Lipinski definition) is 4. The van der Waals surface area contributed by atoms with Crippen LogP contribution in [0.1, 0.15) is 26.9 Å². The van der Waals surface area contributed by atoms with Crippen LogP contribution in [0.2, 0.25) is 0 Å². The van der Waals surface area contributed by atoms with Gasteiger partial charge in [0.25, 0.3) is 5.91 Å². The molecule has 3 atom stereocenters. The molecule has 1 fully saturated rings. The Balaban J connectivity index is 1.50. The van der Waals surface area contributed by atoms with Crippen molar-refractivity contribution in [2.24, 2.45) is 0 Å². The van der Waals surface area contributed by atoms with E-state index in [2.05, 4.69) is 5.32 Å². The molecule has 0 aromatic heterocycles. The van der Waals surface area contributed by atoms with Crippen molar-refractivity contribution < 1.29 is 19.5 Å². The molecule has 2 aromatic carbocycles. The summed E-state index contributed by atoms with van der Waals surface area (Å²) in [7, 11) is 0. The first-order valence-corrected chi connectivity index (χ1v) is 9.71. The van der Waals surface area contributed by atoms with Gasteiger partial charge in [-0.05, 0) is 17.2 Å². The van der Waals surface area contributed by atoms with E-state index < -0.39 is 24.0 Å². The van der Waals surface area contributed by atoms with E-state index in [1.807, 2.05) is 42.5 Å². The Labute approximate surface area is 160 Å². The highest BCUT2D eigenvalue weighted by molar-refractivity contribution is 7.99. The van der Waals surface area contributed by atoms with Gasteiger partial charge >= 0.3 is 5.97 Å². The Morgan fingerprint density at radius 2 is 1.85 bits per heavy atom. The molecule has 2 N–H and O–H groups in total. The Morgan fingerprint density at radius 3 is 2.59 bits per heavy atom. The minimum atomic E-state index is -1.09. The second kappa shape index (κ2) is 7.08. The summed E-state index contributed by atoms with van der Waals surface area (Å²) in [5, 5.41) is 11.9. The van der Waals surface area contributed by atoms with Crippen molar-refractivity contribution in [1.29, 1.82) is 0 Å². The Kier molecular flexibility index (Phi) is 4.61. The lowest BCUT2D eigenvalue weighted by Crippen LogP contribution is -2.51. The number of aliphatic carboxylic acids is 1. The number of rotatable bonds is 5. The molecule has 2 aliphatic rings. The standard InChI is InChI=1S/C20H18N2O4S/c23-17(21-15(20(25)26)10-12-6-2-1-3-7-12)16-11-27-19-14-9-5-4-8-13(14)18(24)22(16)19/h1-9,15-16,19H,10-11H2,(H,21,23)(H,25,26)/t15-,16+,19-/m0/s1. The second-order valence-corrected chi connectivity index (χ2v) is 7.70. The molecule has 0 unspecified atom stereocenters. The zero-order valence-corrected chi connectivity index (χ0v) is 15.2. The van der Waals surface area contributed by atoms with Crippen molar-refractivity contribution in [1.82, 2.24) is 10.2 Å². The van der Waals surface area contributed by atoms with E-state index in [-0.39, 0.29) is 17.7 Å². The summed E-state index contributed by atoms with van der Waals surface area (Å²) in [6.45, 7) is 0. The van der Waals surface area contributed by atoms with E-state index in [4.69, 9.17) is 0 Å². The molecule has 4 rings (SSSR count). The van der Waals surface area contributed by atoms with Crippen molar-refractivity contribution in [3.8, 4) is 0 Å². The topological polar surface area (TPSA) is 86.7 Å². The lowest BCUT2D eigenvalue weighted by molar-refractivity contribution is -0.142. The van der Waals surface area contributed by atoms with Crippen LogP contribution < -0.4 is 5.32 Å². The van der Waals surface area contributed by atoms with Crippen LogP contribution in [-0.4, -0.2) is 45.6 Å². The molecule has 2 amide bonds. The van der Waals surface area contributed by atoms with Crippen LogP contribution in [0.5, 0.6) is 0 Å². The number of fused-ring (bicyclic) bond motifs is 3. The van der Waals surface area contributed by atoms with E-state index in [9.17, 15) is 19.5 Å². The van der Waals surface area contributed by atoms with Gasteiger partial charge in [-0.15, -0.1) is 11.8 Å². The molecule has 2 aromatic rings. The first kappa shape index (κ1) is 17.6. The van der Waals surface area contributed by atoms with Gasteiger partial charge in [-0.3, -0.25) is 9.59 Å². The predicted molar refractivity (Wildman–Crippen MR) is 101 cm³/mol. The Hall–Kier alpha value is -2.80. The van der Waals surface area contributed by atoms with E-state index in [1.165, 1.54) is 11.8 Å². The molecule has 2 aliphatic heterocycles. The molecular weight excluding hydrogens is 364 g/mol. The summed E-state index contributed by atoms with van der Waals surface area (Å²) < 4.78 is 0. The molecule has 0 spiro atoms.